The zero-order valence-corrected chi connectivity index (χ0v) is 12.5. The topological polar surface area (TPSA) is 29.5 Å². The number of nitrogens with zero attached hydrogens (tertiary/aromatic N) is 1. The molecule has 4 heteroatoms. The zero-order valence-electron chi connectivity index (χ0n) is 12.5. The third-order valence-corrected chi connectivity index (χ3v) is 4.01. The average molecular weight is 299 g/mol. The molecule has 1 amide bonds. The first-order valence-electron chi connectivity index (χ1n) is 7.38. The van der Waals surface area contributed by atoms with E-state index in [9.17, 15) is 9.18 Å². The predicted molar refractivity (Wildman–Crippen MR) is 82.1 cm³/mol. The SMILES string of the molecule is CC1Cc2ccccc2CN1C(=O)COc1ccccc1F. The number of hydrogen-bond donors (Lipinski definition) is 0. The van der Waals surface area contributed by atoms with E-state index in [2.05, 4.69) is 6.07 Å². The number of benzene rings is 2. The molecule has 0 saturated carbocycles. The molecule has 114 valence electrons. The number of rotatable bonds is 3. The molecule has 1 aliphatic rings. The lowest BCUT2D eigenvalue weighted by Gasteiger charge is -2.34. The molecule has 1 atom stereocenters. The summed E-state index contributed by atoms with van der Waals surface area (Å²) in [6.07, 6.45) is 0.835. The van der Waals surface area contributed by atoms with Gasteiger partial charge in [-0.2, -0.15) is 0 Å². The molecule has 0 fully saturated rings. The largest absolute Gasteiger partial charge is 0.481 e. The van der Waals surface area contributed by atoms with Crippen LogP contribution in [0.25, 0.3) is 0 Å². The number of carbonyl (C=O) groups excluding carboxylic acids is 1. The second-order valence-electron chi connectivity index (χ2n) is 5.56. The number of carbonyl (C=O) groups is 1. The number of halogens is 1. The smallest absolute Gasteiger partial charge is 0.261 e. The zero-order chi connectivity index (χ0) is 15.5. The molecule has 1 aliphatic heterocycles. The van der Waals surface area contributed by atoms with Gasteiger partial charge in [-0.15, -0.1) is 0 Å². The van der Waals surface area contributed by atoms with Gasteiger partial charge in [0, 0.05) is 12.6 Å². The highest BCUT2D eigenvalue weighted by Crippen LogP contribution is 2.23. The molecule has 3 nitrogen and oxygen atoms in total. The van der Waals surface area contributed by atoms with Crippen LogP contribution in [0, 0.1) is 5.82 Å². The number of para-hydroxylation sites is 1. The van der Waals surface area contributed by atoms with Crippen LogP contribution in [0.15, 0.2) is 48.5 Å². The van der Waals surface area contributed by atoms with Crippen molar-refractivity contribution in [1.82, 2.24) is 4.90 Å². The number of hydrogen-bond acceptors (Lipinski definition) is 2. The Labute approximate surface area is 129 Å². The third-order valence-electron chi connectivity index (χ3n) is 4.01. The van der Waals surface area contributed by atoms with Crippen LogP contribution in [0.1, 0.15) is 18.1 Å². The van der Waals surface area contributed by atoms with Crippen molar-refractivity contribution in [3.63, 3.8) is 0 Å². The fourth-order valence-electron chi connectivity index (χ4n) is 2.80. The van der Waals surface area contributed by atoms with Gasteiger partial charge in [0.05, 0.1) is 0 Å². The fourth-order valence-corrected chi connectivity index (χ4v) is 2.80. The summed E-state index contributed by atoms with van der Waals surface area (Å²) in [6.45, 7) is 2.46. The Kier molecular flexibility index (Phi) is 4.09. The molecule has 0 bridgehead atoms. The summed E-state index contributed by atoms with van der Waals surface area (Å²) in [5, 5.41) is 0. The maximum absolute atomic E-state index is 13.5. The minimum atomic E-state index is -0.452. The van der Waals surface area contributed by atoms with Crippen LogP contribution in [0.4, 0.5) is 4.39 Å². The molecule has 0 aliphatic carbocycles. The van der Waals surface area contributed by atoms with Gasteiger partial charge in [-0.3, -0.25) is 4.79 Å². The molecule has 0 aromatic heterocycles. The molecule has 2 aromatic carbocycles. The number of fused-ring (bicyclic) bond motifs is 1. The van der Waals surface area contributed by atoms with E-state index in [0.29, 0.717) is 6.54 Å². The first kappa shape index (κ1) is 14.6. The van der Waals surface area contributed by atoms with Gasteiger partial charge in [-0.1, -0.05) is 36.4 Å². The highest BCUT2D eigenvalue weighted by Gasteiger charge is 2.26. The van der Waals surface area contributed by atoms with E-state index in [-0.39, 0.29) is 24.3 Å². The Balaban J connectivity index is 1.67. The summed E-state index contributed by atoms with van der Waals surface area (Å²) in [6, 6.07) is 14.4. The average Bonchev–Trinajstić information content (AvgIpc) is 2.53. The van der Waals surface area contributed by atoms with Crippen molar-refractivity contribution in [2.24, 2.45) is 0 Å². The quantitative estimate of drug-likeness (QED) is 0.871. The molecule has 0 radical (unpaired) electrons. The van der Waals surface area contributed by atoms with E-state index < -0.39 is 5.82 Å². The lowest BCUT2D eigenvalue weighted by Crippen LogP contribution is -2.44. The molecule has 2 aromatic rings. The third kappa shape index (κ3) is 2.96. The van der Waals surface area contributed by atoms with Crippen molar-refractivity contribution >= 4 is 5.91 Å². The van der Waals surface area contributed by atoms with Crippen molar-refractivity contribution < 1.29 is 13.9 Å². The monoisotopic (exact) mass is 299 g/mol. The Morgan fingerprint density at radius 3 is 2.64 bits per heavy atom. The van der Waals surface area contributed by atoms with Gasteiger partial charge in [-0.05, 0) is 36.6 Å². The maximum Gasteiger partial charge on any atom is 0.261 e. The van der Waals surface area contributed by atoms with Gasteiger partial charge < -0.3 is 9.64 Å². The van der Waals surface area contributed by atoms with E-state index in [4.69, 9.17) is 4.74 Å². The van der Waals surface area contributed by atoms with Crippen molar-refractivity contribution in [2.75, 3.05) is 6.61 Å². The van der Waals surface area contributed by atoms with Crippen LogP contribution in [0.2, 0.25) is 0 Å². The van der Waals surface area contributed by atoms with Gasteiger partial charge in [0.1, 0.15) is 0 Å². The second-order valence-corrected chi connectivity index (χ2v) is 5.56. The normalized spacial score (nSPS) is 17.0. The Hall–Kier alpha value is -2.36. The van der Waals surface area contributed by atoms with Crippen LogP contribution in [-0.2, 0) is 17.8 Å². The summed E-state index contributed by atoms with van der Waals surface area (Å²) in [5.41, 5.74) is 2.45. The lowest BCUT2D eigenvalue weighted by molar-refractivity contribution is -0.136. The summed E-state index contributed by atoms with van der Waals surface area (Å²) in [5.74, 6) is -0.460. The van der Waals surface area contributed by atoms with Crippen LogP contribution < -0.4 is 4.74 Å². The highest BCUT2D eigenvalue weighted by molar-refractivity contribution is 5.78. The molecule has 0 N–H and O–H groups in total. The van der Waals surface area contributed by atoms with E-state index >= 15 is 0 Å². The van der Waals surface area contributed by atoms with Gasteiger partial charge in [0.25, 0.3) is 5.91 Å². The van der Waals surface area contributed by atoms with E-state index in [1.54, 1.807) is 17.0 Å². The van der Waals surface area contributed by atoms with E-state index in [1.165, 1.54) is 23.3 Å². The molecule has 0 spiro atoms. The Morgan fingerprint density at radius 1 is 1.18 bits per heavy atom. The first-order chi connectivity index (χ1) is 10.6. The maximum atomic E-state index is 13.5. The summed E-state index contributed by atoms with van der Waals surface area (Å²) in [4.78, 5) is 14.2. The highest BCUT2D eigenvalue weighted by atomic mass is 19.1. The molecule has 3 rings (SSSR count). The molecule has 0 saturated heterocycles. The Morgan fingerprint density at radius 2 is 1.86 bits per heavy atom. The number of amides is 1. The summed E-state index contributed by atoms with van der Waals surface area (Å²) in [7, 11) is 0. The molecule has 22 heavy (non-hydrogen) atoms. The van der Waals surface area contributed by atoms with Crippen molar-refractivity contribution in [3.8, 4) is 5.75 Å². The van der Waals surface area contributed by atoms with Gasteiger partial charge in [-0.25, -0.2) is 4.39 Å². The number of ether oxygens (including phenoxy) is 1. The minimum Gasteiger partial charge on any atom is -0.481 e. The summed E-state index contributed by atoms with van der Waals surface area (Å²) >= 11 is 0. The second kappa shape index (κ2) is 6.18. The van der Waals surface area contributed by atoms with E-state index in [1.807, 2.05) is 25.1 Å². The van der Waals surface area contributed by atoms with Gasteiger partial charge >= 0.3 is 0 Å². The Bertz CT molecular complexity index is 686. The van der Waals surface area contributed by atoms with Crippen LogP contribution in [0.5, 0.6) is 5.75 Å². The van der Waals surface area contributed by atoms with Crippen LogP contribution >= 0.6 is 0 Å². The van der Waals surface area contributed by atoms with Gasteiger partial charge in [0.2, 0.25) is 0 Å². The van der Waals surface area contributed by atoms with Crippen molar-refractivity contribution in [1.29, 1.82) is 0 Å². The summed E-state index contributed by atoms with van der Waals surface area (Å²) < 4.78 is 18.8. The molecule has 1 unspecified atom stereocenters. The molecular formula is C18H18FNO2. The van der Waals surface area contributed by atoms with Crippen LogP contribution in [-0.4, -0.2) is 23.5 Å². The molecule has 1 heterocycles. The van der Waals surface area contributed by atoms with Gasteiger partial charge in [0.15, 0.2) is 18.2 Å². The molecular weight excluding hydrogens is 281 g/mol. The fraction of sp³-hybridized carbons (Fsp3) is 0.278. The van der Waals surface area contributed by atoms with E-state index in [0.717, 1.165) is 6.42 Å². The van der Waals surface area contributed by atoms with Crippen molar-refractivity contribution in [3.05, 3.63) is 65.5 Å². The van der Waals surface area contributed by atoms with Crippen molar-refractivity contribution in [2.45, 2.75) is 25.9 Å². The minimum absolute atomic E-state index is 0.112. The first-order valence-corrected chi connectivity index (χ1v) is 7.38. The standard InChI is InChI=1S/C18H18FNO2/c1-13-10-14-6-2-3-7-15(14)11-20(13)18(21)12-22-17-9-5-4-8-16(17)19/h2-9,13H,10-12H2,1H3. The lowest BCUT2D eigenvalue weighted by atomic mass is 9.95. The van der Waals surface area contributed by atoms with Crippen LogP contribution in [0.3, 0.4) is 0 Å². The predicted octanol–water partition coefficient (Wildman–Crippen LogP) is 3.18.